The lowest BCUT2D eigenvalue weighted by atomic mass is 10.0. The molecule has 124 valence electrons. The van der Waals surface area contributed by atoms with Gasteiger partial charge in [0, 0.05) is 24.3 Å². The number of anilines is 1. The Morgan fingerprint density at radius 1 is 1.17 bits per heavy atom. The number of hydrazone groups is 1. The highest BCUT2D eigenvalue weighted by atomic mass is 19.4. The third-order valence-electron chi connectivity index (χ3n) is 3.87. The van der Waals surface area contributed by atoms with E-state index in [2.05, 4.69) is 10.5 Å². The Labute approximate surface area is 131 Å². The van der Waals surface area contributed by atoms with Crippen LogP contribution < -0.4 is 10.3 Å². The average Bonchev–Trinajstić information content (AvgIpc) is 2.55. The molecular weight excluding hydrogens is 311 g/mol. The number of nitrogens with one attached hydrogen (secondary N) is 1. The second-order valence-electron chi connectivity index (χ2n) is 5.52. The van der Waals surface area contributed by atoms with Crippen molar-refractivity contribution in [2.75, 3.05) is 24.6 Å². The van der Waals surface area contributed by atoms with E-state index in [9.17, 15) is 18.0 Å². The number of benzene rings is 1. The molecule has 2 heterocycles. The molecule has 8 heteroatoms. The van der Waals surface area contributed by atoms with Gasteiger partial charge in [-0.05, 0) is 37.5 Å². The molecule has 1 amide bonds. The fourth-order valence-corrected chi connectivity index (χ4v) is 2.77. The number of amides is 1. The summed E-state index contributed by atoms with van der Waals surface area (Å²) < 4.78 is 45.4. The number of carbonyl (C=O) groups excluding carboxylic acids is 1. The maximum absolute atomic E-state index is 13.4. The van der Waals surface area contributed by atoms with Gasteiger partial charge in [0.2, 0.25) is 5.90 Å². The van der Waals surface area contributed by atoms with E-state index in [0.29, 0.717) is 13.1 Å². The minimum absolute atomic E-state index is 0.0136. The van der Waals surface area contributed by atoms with Crippen LogP contribution in [0.5, 0.6) is 0 Å². The lowest BCUT2D eigenvalue weighted by Crippen LogP contribution is -2.33. The maximum atomic E-state index is 13.4. The minimum atomic E-state index is -4.47. The van der Waals surface area contributed by atoms with Crippen LogP contribution in [0.3, 0.4) is 0 Å². The third-order valence-corrected chi connectivity index (χ3v) is 3.87. The van der Waals surface area contributed by atoms with E-state index in [0.717, 1.165) is 25.3 Å². The number of carbonyl (C=O) groups is 1. The molecule has 1 N–H and O–H groups in total. The van der Waals surface area contributed by atoms with Crippen LogP contribution in [-0.4, -0.2) is 31.5 Å². The van der Waals surface area contributed by atoms with Gasteiger partial charge in [0.25, 0.3) is 5.91 Å². The highest BCUT2D eigenvalue weighted by molar-refractivity contribution is 5.98. The van der Waals surface area contributed by atoms with Crippen molar-refractivity contribution in [3.8, 4) is 0 Å². The summed E-state index contributed by atoms with van der Waals surface area (Å²) in [6.45, 7) is 0.986. The summed E-state index contributed by atoms with van der Waals surface area (Å²) in [5, 5.41) is 3.66. The van der Waals surface area contributed by atoms with Crippen LogP contribution in [0.2, 0.25) is 0 Å². The second kappa shape index (κ2) is 6.10. The summed E-state index contributed by atoms with van der Waals surface area (Å²) in [6.07, 6.45) is -1.65. The molecule has 0 bridgehead atoms. The molecule has 0 radical (unpaired) electrons. The number of ether oxygens (including phenoxy) is 1. The summed E-state index contributed by atoms with van der Waals surface area (Å²) >= 11 is 0. The molecule has 0 unspecified atom stereocenters. The number of hydrogen-bond donors (Lipinski definition) is 1. The van der Waals surface area contributed by atoms with Crippen LogP contribution in [0.1, 0.15) is 30.4 Å². The zero-order chi connectivity index (χ0) is 16.4. The number of alkyl halides is 3. The Hall–Kier alpha value is -2.25. The molecule has 1 saturated heterocycles. The smallest absolute Gasteiger partial charge is 0.418 e. The van der Waals surface area contributed by atoms with E-state index >= 15 is 0 Å². The molecular formula is C15H16F3N3O2. The van der Waals surface area contributed by atoms with E-state index < -0.39 is 17.6 Å². The standard InChI is InChI=1S/C15H16F3N3O2/c16-15(17,18)11-8-10(14-20-19-13(22)9-23-14)4-5-12(11)21-6-2-1-3-7-21/h4-5,8H,1-3,6-7,9H2,(H,19,22). The number of halogens is 3. The fraction of sp³-hybridized carbons (Fsp3) is 0.467. The molecule has 5 nitrogen and oxygen atoms in total. The highest BCUT2D eigenvalue weighted by Gasteiger charge is 2.36. The maximum Gasteiger partial charge on any atom is 0.418 e. The Morgan fingerprint density at radius 3 is 2.52 bits per heavy atom. The Morgan fingerprint density at radius 2 is 1.91 bits per heavy atom. The fourth-order valence-electron chi connectivity index (χ4n) is 2.77. The van der Waals surface area contributed by atoms with Crippen LogP contribution >= 0.6 is 0 Å². The van der Waals surface area contributed by atoms with Gasteiger partial charge in [0.15, 0.2) is 6.61 Å². The number of nitrogens with zero attached hydrogens (tertiary/aromatic N) is 2. The van der Waals surface area contributed by atoms with Crippen molar-refractivity contribution in [1.29, 1.82) is 0 Å². The zero-order valence-corrected chi connectivity index (χ0v) is 12.3. The van der Waals surface area contributed by atoms with Crippen molar-refractivity contribution < 1.29 is 22.7 Å². The van der Waals surface area contributed by atoms with Crippen molar-refractivity contribution in [2.45, 2.75) is 25.4 Å². The van der Waals surface area contributed by atoms with E-state index in [4.69, 9.17) is 4.74 Å². The van der Waals surface area contributed by atoms with Crippen molar-refractivity contribution in [1.82, 2.24) is 5.43 Å². The molecule has 0 spiro atoms. The number of rotatable bonds is 2. The second-order valence-corrected chi connectivity index (χ2v) is 5.52. The summed E-state index contributed by atoms with van der Waals surface area (Å²) in [5.41, 5.74) is 1.87. The van der Waals surface area contributed by atoms with E-state index in [1.165, 1.54) is 12.1 Å². The highest BCUT2D eigenvalue weighted by Crippen LogP contribution is 2.38. The molecule has 3 rings (SSSR count). The predicted molar refractivity (Wildman–Crippen MR) is 78.1 cm³/mol. The van der Waals surface area contributed by atoms with Gasteiger partial charge in [-0.3, -0.25) is 4.79 Å². The first-order valence-electron chi connectivity index (χ1n) is 7.41. The molecule has 2 aliphatic heterocycles. The quantitative estimate of drug-likeness (QED) is 0.908. The van der Waals surface area contributed by atoms with Gasteiger partial charge in [0.1, 0.15) is 0 Å². The predicted octanol–water partition coefficient (Wildman–Crippen LogP) is 2.50. The molecule has 0 aliphatic carbocycles. The average molecular weight is 327 g/mol. The van der Waals surface area contributed by atoms with Gasteiger partial charge in [-0.25, -0.2) is 5.43 Å². The van der Waals surface area contributed by atoms with E-state index in [1.54, 1.807) is 4.90 Å². The zero-order valence-electron chi connectivity index (χ0n) is 12.3. The van der Waals surface area contributed by atoms with Gasteiger partial charge < -0.3 is 9.64 Å². The molecule has 1 aromatic rings. The van der Waals surface area contributed by atoms with Gasteiger partial charge in [0.05, 0.1) is 5.56 Å². The van der Waals surface area contributed by atoms with Crippen LogP contribution in [0.25, 0.3) is 0 Å². The minimum Gasteiger partial charge on any atom is -0.466 e. The van der Waals surface area contributed by atoms with Crippen LogP contribution in [0, 0.1) is 0 Å². The van der Waals surface area contributed by atoms with Gasteiger partial charge >= 0.3 is 6.18 Å². The molecule has 1 fully saturated rings. The van der Waals surface area contributed by atoms with E-state index in [1.807, 2.05) is 0 Å². The summed E-state index contributed by atoms with van der Waals surface area (Å²) in [4.78, 5) is 12.8. The Kier molecular flexibility index (Phi) is 4.14. The molecule has 2 aliphatic rings. The number of piperidine rings is 1. The third kappa shape index (κ3) is 3.40. The molecule has 0 aromatic heterocycles. The summed E-state index contributed by atoms with van der Waals surface area (Å²) in [5.74, 6) is -0.449. The Bertz CT molecular complexity index is 637. The normalized spacial score (nSPS) is 19.0. The Balaban J connectivity index is 1.97. The molecule has 23 heavy (non-hydrogen) atoms. The molecule has 1 aromatic carbocycles. The number of hydrogen-bond acceptors (Lipinski definition) is 4. The van der Waals surface area contributed by atoms with E-state index in [-0.39, 0.29) is 23.8 Å². The first kappa shape index (κ1) is 15.6. The molecule has 0 saturated carbocycles. The lowest BCUT2D eigenvalue weighted by molar-refractivity contribution is -0.137. The summed E-state index contributed by atoms with van der Waals surface area (Å²) in [7, 11) is 0. The topological polar surface area (TPSA) is 53.9 Å². The van der Waals surface area contributed by atoms with Crippen LogP contribution in [0.15, 0.2) is 23.3 Å². The first-order chi connectivity index (χ1) is 10.9. The SMILES string of the molecule is O=C1COC(c2ccc(N3CCCCC3)c(C(F)(F)F)c2)=NN1. The van der Waals surface area contributed by atoms with Crippen molar-refractivity contribution in [2.24, 2.45) is 5.10 Å². The van der Waals surface area contributed by atoms with Gasteiger partial charge in [-0.2, -0.15) is 13.2 Å². The van der Waals surface area contributed by atoms with Crippen molar-refractivity contribution >= 4 is 17.5 Å². The first-order valence-corrected chi connectivity index (χ1v) is 7.41. The monoisotopic (exact) mass is 327 g/mol. The summed E-state index contributed by atoms with van der Waals surface area (Å²) in [6, 6.07) is 4.02. The lowest BCUT2D eigenvalue weighted by Gasteiger charge is -2.31. The van der Waals surface area contributed by atoms with Crippen LogP contribution in [-0.2, 0) is 15.7 Å². The molecule has 0 atom stereocenters. The largest absolute Gasteiger partial charge is 0.466 e. The van der Waals surface area contributed by atoms with Gasteiger partial charge in [-0.15, -0.1) is 5.10 Å². The van der Waals surface area contributed by atoms with Crippen molar-refractivity contribution in [3.63, 3.8) is 0 Å². The van der Waals surface area contributed by atoms with Crippen molar-refractivity contribution in [3.05, 3.63) is 29.3 Å². The van der Waals surface area contributed by atoms with Crippen LogP contribution in [0.4, 0.5) is 18.9 Å². The van der Waals surface area contributed by atoms with Gasteiger partial charge in [-0.1, -0.05) is 0 Å².